The summed E-state index contributed by atoms with van der Waals surface area (Å²) in [5.41, 5.74) is 4.28. The molecule has 4 nitrogen and oxygen atoms in total. The van der Waals surface area contributed by atoms with Crippen molar-refractivity contribution in [2.24, 2.45) is 11.8 Å². The van der Waals surface area contributed by atoms with Crippen molar-refractivity contribution in [2.45, 2.75) is 50.7 Å². The summed E-state index contributed by atoms with van der Waals surface area (Å²) in [5, 5.41) is 0. The van der Waals surface area contributed by atoms with E-state index in [1.807, 2.05) is 19.1 Å². The van der Waals surface area contributed by atoms with Gasteiger partial charge in [0.2, 0.25) is 0 Å². The van der Waals surface area contributed by atoms with Crippen LogP contribution in [0.1, 0.15) is 44.2 Å². The molecule has 0 aliphatic carbocycles. The molecule has 2 bridgehead atoms. The van der Waals surface area contributed by atoms with E-state index in [2.05, 4.69) is 29.5 Å². The number of nitrogens with zero attached hydrogens (tertiary/aromatic N) is 1. The van der Waals surface area contributed by atoms with Gasteiger partial charge >= 0.3 is 0 Å². The number of rotatable bonds is 5. The summed E-state index contributed by atoms with van der Waals surface area (Å²) in [6.07, 6.45) is 5.12. The van der Waals surface area contributed by atoms with Gasteiger partial charge in [0.05, 0.1) is 12.6 Å². The zero-order chi connectivity index (χ0) is 14.8. The molecule has 2 heterocycles. The molecule has 4 heteroatoms. The first-order valence-electron chi connectivity index (χ1n) is 8.14. The zero-order valence-corrected chi connectivity index (χ0v) is 13.1. The minimum Gasteiger partial charge on any atom is -0.494 e. The fraction of sp³-hybridized carbons (Fsp3) is 0.647. The number of piperidine rings is 1. The maximum atomic E-state index is 5.93. The van der Waals surface area contributed by atoms with Crippen molar-refractivity contribution in [3.05, 3.63) is 29.8 Å². The van der Waals surface area contributed by atoms with Gasteiger partial charge in [-0.3, -0.25) is 11.3 Å². The SMILES string of the molecule is CCOc1ccccc1C(NN)C1CC2CCC(C1)N2C. The largest absolute Gasteiger partial charge is 0.494 e. The van der Waals surface area contributed by atoms with Gasteiger partial charge in [-0.25, -0.2) is 0 Å². The number of hydrogen-bond acceptors (Lipinski definition) is 4. The van der Waals surface area contributed by atoms with Crippen LogP contribution in [0, 0.1) is 5.92 Å². The third-order valence-electron chi connectivity index (χ3n) is 5.34. The van der Waals surface area contributed by atoms with Gasteiger partial charge < -0.3 is 9.64 Å². The third kappa shape index (κ3) is 2.80. The summed E-state index contributed by atoms with van der Waals surface area (Å²) in [4.78, 5) is 2.57. The van der Waals surface area contributed by atoms with Crippen LogP contribution >= 0.6 is 0 Å². The molecular weight excluding hydrogens is 262 g/mol. The number of fused-ring (bicyclic) bond motifs is 2. The molecule has 2 aliphatic rings. The number of hydrogen-bond donors (Lipinski definition) is 2. The number of para-hydroxylation sites is 1. The first-order valence-corrected chi connectivity index (χ1v) is 8.14. The second-order valence-electron chi connectivity index (χ2n) is 6.40. The van der Waals surface area contributed by atoms with Crippen molar-refractivity contribution in [3.63, 3.8) is 0 Å². The lowest BCUT2D eigenvalue weighted by Gasteiger charge is -2.40. The minimum absolute atomic E-state index is 0.185. The lowest BCUT2D eigenvalue weighted by atomic mass is 9.82. The predicted molar refractivity (Wildman–Crippen MR) is 85.0 cm³/mol. The molecule has 1 aromatic carbocycles. The summed E-state index contributed by atoms with van der Waals surface area (Å²) in [5.74, 6) is 7.48. The van der Waals surface area contributed by atoms with Gasteiger partial charge in [0.25, 0.3) is 0 Å². The quantitative estimate of drug-likeness (QED) is 0.646. The molecular formula is C17H27N3O. The van der Waals surface area contributed by atoms with E-state index in [0.29, 0.717) is 12.5 Å². The highest BCUT2D eigenvalue weighted by molar-refractivity contribution is 5.36. The Bertz CT molecular complexity index is 465. The van der Waals surface area contributed by atoms with Crippen molar-refractivity contribution in [1.82, 2.24) is 10.3 Å². The monoisotopic (exact) mass is 289 g/mol. The average molecular weight is 289 g/mol. The van der Waals surface area contributed by atoms with Gasteiger partial charge in [-0.05, 0) is 51.6 Å². The molecule has 3 unspecified atom stereocenters. The fourth-order valence-corrected chi connectivity index (χ4v) is 4.23. The summed E-state index contributed by atoms with van der Waals surface area (Å²) in [6, 6.07) is 9.94. The predicted octanol–water partition coefficient (Wildman–Crippen LogP) is 2.46. The van der Waals surface area contributed by atoms with Crippen molar-refractivity contribution in [1.29, 1.82) is 0 Å². The standard InChI is InChI=1S/C17H27N3O/c1-3-21-16-7-5-4-6-15(16)17(19-18)12-10-13-8-9-14(11-12)20(13)2/h4-7,12-14,17,19H,3,8-11,18H2,1-2H3. The third-order valence-corrected chi connectivity index (χ3v) is 5.34. The number of ether oxygens (including phenoxy) is 1. The normalized spacial score (nSPS) is 30.3. The summed E-state index contributed by atoms with van der Waals surface area (Å²) in [7, 11) is 2.28. The van der Waals surface area contributed by atoms with Crippen LogP contribution in [0.15, 0.2) is 24.3 Å². The van der Waals surface area contributed by atoms with Gasteiger partial charge in [-0.15, -0.1) is 0 Å². The van der Waals surface area contributed by atoms with Crippen molar-refractivity contribution >= 4 is 0 Å². The molecule has 2 saturated heterocycles. The van der Waals surface area contributed by atoms with E-state index < -0.39 is 0 Å². The van der Waals surface area contributed by atoms with Crippen LogP contribution in [0.3, 0.4) is 0 Å². The van der Waals surface area contributed by atoms with E-state index >= 15 is 0 Å². The van der Waals surface area contributed by atoms with E-state index in [1.165, 1.54) is 31.2 Å². The van der Waals surface area contributed by atoms with Gasteiger partial charge in [0, 0.05) is 17.6 Å². The number of hydrazine groups is 1. The van der Waals surface area contributed by atoms with Gasteiger partial charge in [-0.2, -0.15) is 0 Å². The second kappa shape index (κ2) is 6.34. The highest BCUT2D eigenvalue weighted by Gasteiger charge is 2.41. The van der Waals surface area contributed by atoms with E-state index in [4.69, 9.17) is 10.6 Å². The van der Waals surface area contributed by atoms with Gasteiger partial charge in [0.1, 0.15) is 5.75 Å². The Kier molecular flexibility index (Phi) is 4.48. The molecule has 0 spiro atoms. The Labute approximate surface area is 127 Å². The van der Waals surface area contributed by atoms with Gasteiger partial charge in [0.15, 0.2) is 0 Å². The molecule has 2 aliphatic heterocycles. The topological polar surface area (TPSA) is 50.5 Å². The van der Waals surface area contributed by atoms with E-state index in [0.717, 1.165) is 17.8 Å². The molecule has 0 aromatic heterocycles. The van der Waals surface area contributed by atoms with Crippen LogP contribution in [0.2, 0.25) is 0 Å². The van der Waals surface area contributed by atoms with Crippen LogP contribution in [0.4, 0.5) is 0 Å². The van der Waals surface area contributed by atoms with Crippen LogP contribution in [0.5, 0.6) is 5.75 Å². The molecule has 21 heavy (non-hydrogen) atoms. The summed E-state index contributed by atoms with van der Waals surface area (Å²) < 4.78 is 5.80. The maximum absolute atomic E-state index is 5.93. The molecule has 0 radical (unpaired) electrons. The summed E-state index contributed by atoms with van der Waals surface area (Å²) in [6.45, 7) is 2.71. The smallest absolute Gasteiger partial charge is 0.124 e. The molecule has 116 valence electrons. The van der Waals surface area contributed by atoms with E-state index in [9.17, 15) is 0 Å². The highest BCUT2D eigenvalue weighted by Crippen LogP contribution is 2.43. The highest BCUT2D eigenvalue weighted by atomic mass is 16.5. The molecule has 3 N–H and O–H groups in total. The second-order valence-corrected chi connectivity index (χ2v) is 6.40. The van der Waals surface area contributed by atoms with Crippen LogP contribution < -0.4 is 16.0 Å². The van der Waals surface area contributed by atoms with E-state index in [-0.39, 0.29) is 6.04 Å². The molecule has 3 rings (SSSR count). The van der Waals surface area contributed by atoms with Gasteiger partial charge in [-0.1, -0.05) is 18.2 Å². The first-order chi connectivity index (χ1) is 10.2. The Morgan fingerprint density at radius 3 is 2.57 bits per heavy atom. The number of nitrogens with two attached hydrogens (primary N) is 1. The number of nitrogens with one attached hydrogen (secondary N) is 1. The zero-order valence-electron chi connectivity index (χ0n) is 13.1. The fourth-order valence-electron chi connectivity index (χ4n) is 4.23. The maximum Gasteiger partial charge on any atom is 0.124 e. The van der Waals surface area contributed by atoms with Crippen molar-refractivity contribution in [3.8, 4) is 5.75 Å². The lowest BCUT2D eigenvalue weighted by molar-refractivity contribution is 0.111. The van der Waals surface area contributed by atoms with Crippen LogP contribution in [-0.2, 0) is 0 Å². The number of benzene rings is 1. The Morgan fingerprint density at radius 2 is 1.95 bits per heavy atom. The van der Waals surface area contributed by atoms with Crippen LogP contribution in [-0.4, -0.2) is 30.6 Å². The molecule has 0 amide bonds. The lowest BCUT2D eigenvalue weighted by Crippen LogP contribution is -2.45. The molecule has 0 saturated carbocycles. The Morgan fingerprint density at radius 1 is 1.29 bits per heavy atom. The van der Waals surface area contributed by atoms with Crippen molar-refractivity contribution < 1.29 is 4.74 Å². The first kappa shape index (κ1) is 14.8. The molecule has 2 fully saturated rings. The molecule has 1 aromatic rings. The van der Waals surface area contributed by atoms with Crippen LogP contribution in [0.25, 0.3) is 0 Å². The Balaban J connectivity index is 1.82. The van der Waals surface area contributed by atoms with Crippen molar-refractivity contribution in [2.75, 3.05) is 13.7 Å². The summed E-state index contributed by atoms with van der Waals surface area (Å²) >= 11 is 0. The minimum atomic E-state index is 0.185. The molecule has 3 atom stereocenters. The Hall–Kier alpha value is -1.10. The van der Waals surface area contributed by atoms with E-state index in [1.54, 1.807) is 0 Å². The average Bonchev–Trinajstić information content (AvgIpc) is 2.72.